The van der Waals surface area contributed by atoms with E-state index < -0.39 is 11.4 Å². The SMILES string of the molecule is CN(C)c1cnn(CCCCC(C)(C)C(=O)O)c(=O)c1. The Hall–Kier alpha value is -1.85. The molecule has 1 aromatic rings. The molecule has 6 heteroatoms. The minimum atomic E-state index is -0.789. The number of anilines is 1. The number of rotatable bonds is 7. The molecule has 0 fully saturated rings. The molecular weight excluding hydrogens is 258 g/mol. The van der Waals surface area contributed by atoms with E-state index in [2.05, 4.69) is 5.10 Å². The highest BCUT2D eigenvalue weighted by Gasteiger charge is 2.25. The van der Waals surface area contributed by atoms with Crippen molar-refractivity contribution in [3.63, 3.8) is 0 Å². The molecular formula is C14H23N3O3. The molecule has 0 amide bonds. The molecule has 0 saturated carbocycles. The summed E-state index contributed by atoms with van der Waals surface area (Å²) in [7, 11) is 3.71. The van der Waals surface area contributed by atoms with Crippen molar-refractivity contribution in [3.05, 3.63) is 22.6 Å². The number of aryl methyl sites for hydroxylation is 1. The summed E-state index contributed by atoms with van der Waals surface area (Å²) in [6.45, 7) is 3.94. The first-order valence-electron chi connectivity index (χ1n) is 6.72. The molecule has 6 nitrogen and oxygen atoms in total. The van der Waals surface area contributed by atoms with E-state index in [1.165, 1.54) is 4.68 Å². The molecule has 0 saturated heterocycles. The van der Waals surface area contributed by atoms with Gasteiger partial charge in [-0.1, -0.05) is 6.42 Å². The van der Waals surface area contributed by atoms with Crippen LogP contribution in [0.15, 0.2) is 17.1 Å². The lowest BCUT2D eigenvalue weighted by Gasteiger charge is -2.18. The van der Waals surface area contributed by atoms with Gasteiger partial charge in [-0.25, -0.2) is 4.68 Å². The van der Waals surface area contributed by atoms with Crippen LogP contribution in [-0.2, 0) is 11.3 Å². The molecule has 1 aromatic heterocycles. The highest BCUT2D eigenvalue weighted by atomic mass is 16.4. The molecule has 0 bridgehead atoms. The quantitative estimate of drug-likeness (QED) is 0.768. The molecule has 20 heavy (non-hydrogen) atoms. The van der Waals surface area contributed by atoms with Crippen molar-refractivity contribution < 1.29 is 9.90 Å². The molecule has 0 atom stereocenters. The van der Waals surface area contributed by atoms with Gasteiger partial charge >= 0.3 is 5.97 Å². The van der Waals surface area contributed by atoms with Gasteiger partial charge in [0.2, 0.25) is 0 Å². The third-order valence-corrected chi connectivity index (χ3v) is 3.37. The van der Waals surface area contributed by atoms with Gasteiger partial charge in [-0.15, -0.1) is 0 Å². The summed E-state index contributed by atoms with van der Waals surface area (Å²) in [5, 5.41) is 13.1. The van der Waals surface area contributed by atoms with Gasteiger partial charge in [0.25, 0.3) is 5.56 Å². The lowest BCUT2D eigenvalue weighted by Crippen LogP contribution is -2.25. The monoisotopic (exact) mass is 281 g/mol. The Morgan fingerprint density at radius 3 is 2.55 bits per heavy atom. The smallest absolute Gasteiger partial charge is 0.309 e. The fraction of sp³-hybridized carbons (Fsp3) is 0.643. The number of carboxylic acids is 1. The zero-order valence-corrected chi connectivity index (χ0v) is 12.6. The topological polar surface area (TPSA) is 75.4 Å². The van der Waals surface area contributed by atoms with E-state index in [4.69, 9.17) is 5.11 Å². The molecule has 0 aliphatic heterocycles. The maximum atomic E-state index is 11.8. The summed E-state index contributed by atoms with van der Waals surface area (Å²) < 4.78 is 1.42. The van der Waals surface area contributed by atoms with Crippen molar-refractivity contribution in [1.82, 2.24) is 9.78 Å². The first-order chi connectivity index (χ1) is 9.24. The average Bonchev–Trinajstić information content (AvgIpc) is 2.35. The van der Waals surface area contributed by atoms with E-state index in [-0.39, 0.29) is 5.56 Å². The highest BCUT2D eigenvalue weighted by Crippen LogP contribution is 2.23. The maximum Gasteiger partial charge on any atom is 0.309 e. The van der Waals surface area contributed by atoms with Crippen LogP contribution in [0.4, 0.5) is 5.69 Å². The molecule has 1 N–H and O–H groups in total. The number of aliphatic carboxylic acids is 1. The first-order valence-corrected chi connectivity index (χ1v) is 6.72. The maximum absolute atomic E-state index is 11.8. The van der Waals surface area contributed by atoms with E-state index >= 15 is 0 Å². The van der Waals surface area contributed by atoms with Crippen molar-refractivity contribution >= 4 is 11.7 Å². The number of carboxylic acid groups (broad SMARTS) is 1. The van der Waals surface area contributed by atoms with Crippen LogP contribution < -0.4 is 10.5 Å². The van der Waals surface area contributed by atoms with Crippen LogP contribution in [0.3, 0.4) is 0 Å². The highest BCUT2D eigenvalue weighted by molar-refractivity contribution is 5.73. The molecule has 0 aliphatic carbocycles. The van der Waals surface area contributed by atoms with Gasteiger partial charge < -0.3 is 10.0 Å². The summed E-state index contributed by atoms with van der Waals surface area (Å²) in [5.41, 5.74) is -0.0698. The predicted molar refractivity (Wildman–Crippen MR) is 78.1 cm³/mol. The van der Waals surface area contributed by atoms with Gasteiger partial charge in [-0.3, -0.25) is 9.59 Å². The minimum Gasteiger partial charge on any atom is -0.481 e. The van der Waals surface area contributed by atoms with E-state index in [1.54, 1.807) is 26.1 Å². The largest absolute Gasteiger partial charge is 0.481 e. The van der Waals surface area contributed by atoms with Crippen molar-refractivity contribution in [2.75, 3.05) is 19.0 Å². The predicted octanol–water partition coefficient (Wildman–Crippen LogP) is 1.59. The Balaban J connectivity index is 2.51. The molecule has 0 aliphatic rings. The van der Waals surface area contributed by atoms with Crippen molar-refractivity contribution in [3.8, 4) is 0 Å². The molecule has 0 unspecified atom stereocenters. The summed E-state index contributed by atoms with van der Waals surface area (Å²) in [6, 6.07) is 1.55. The third-order valence-electron chi connectivity index (χ3n) is 3.37. The number of hydrogen-bond acceptors (Lipinski definition) is 4. The fourth-order valence-corrected chi connectivity index (χ4v) is 1.77. The second kappa shape index (κ2) is 6.54. The average molecular weight is 281 g/mol. The standard InChI is InChI=1S/C14H23N3O3/c1-14(2,13(19)20)7-5-6-8-17-12(18)9-11(10-15-17)16(3)4/h9-10H,5-8H2,1-4H3,(H,19,20). The van der Waals surface area contributed by atoms with Crippen LogP contribution >= 0.6 is 0 Å². The Morgan fingerprint density at radius 2 is 2.05 bits per heavy atom. The number of carbonyl (C=O) groups is 1. The molecule has 0 aromatic carbocycles. The van der Waals surface area contributed by atoms with Crippen molar-refractivity contribution in [2.24, 2.45) is 5.41 Å². The summed E-state index contributed by atoms with van der Waals surface area (Å²) >= 11 is 0. The number of nitrogens with zero attached hydrogens (tertiary/aromatic N) is 3. The van der Waals surface area contributed by atoms with Gasteiger partial charge in [0, 0.05) is 26.7 Å². The van der Waals surface area contributed by atoms with Gasteiger partial charge in [0.1, 0.15) is 0 Å². The van der Waals surface area contributed by atoms with Crippen LogP contribution in [0.1, 0.15) is 33.1 Å². The van der Waals surface area contributed by atoms with Gasteiger partial charge in [-0.05, 0) is 26.7 Å². The van der Waals surface area contributed by atoms with E-state index in [1.807, 2.05) is 19.0 Å². The van der Waals surface area contributed by atoms with Gasteiger partial charge in [0.15, 0.2) is 0 Å². The Morgan fingerprint density at radius 1 is 1.40 bits per heavy atom. The second-order valence-electron chi connectivity index (χ2n) is 5.82. The van der Waals surface area contributed by atoms with E-state index in [0.29, 0.717) is 13.0 Å². The summed E-state index contributed by atoms with van der Waals surface area (Å²) in [6.07, 6.45) is 3.74. The zero-order chi connectivity index (χ0) is 15.3. The van der Waals surface area contributed by atoms with Crippen LogP contribution in [0.2, 0.25) is 0 Å². The molecule has 1 rings (SSSR count). The van der Waals surface area contributed by atoms with E-state index in [0.717, 1.165) is 18.5 Å². The summed E-state index contributed by atoms with van der Waals surface area (Å²) in [4.78, 5) is 24.6. The zero-order valence-electron chi connectivity index (χ0n) is 12.6. The Labute approximate surface area is 119 Å². The molecule has 0 radical (unpaired) electrons. The lowest BCUT2D eigenvalue weighted by atomic mass is 9.87. The second-order valence-corrected chi connectivity index (χ2v) is 5.82. The minimum absolute atomic E-state index is 0.131. The first kappa shape index (κ1) is 16.2. The van der Waals surface area contributed by atoms with Crippen LogP contribution in [0.5, 0.6) is 0 Å². The normalized spacial score (nSPS) is 11.4. The number of unbranched alkanes of at least 4 members (excludes halogenated alkanes) is 1. The third kappa shape index (κ3) is 4.36. The van der Waals surface area contributed by atoms with Crippen LogP contribution in [0, 0.1) is 5.41 Å². The van der Waals surface area contributed by atoms with Gasteiger partial charge in [0.05, 0.1) is 17.3 Å². The van der Waals surface area contributed by atoms with Crippen molar-refractivity contribution in [1.29, 1.82) is 0 Å². The van der Waals surface area contributed by atoms with Gasteiger partial charge in [-0.2, -0.15) is 5.10 Å². The van der Waals surface area contributed by atoms with Crippen molar-refractivity contribution in [2.45, 2.75) is 39.7 Å². The molecule has 112 valence electrons. The summed E-state index contributed by atoms with van der Waals surface area (Å²) in [5.74, 6) is -0.789. The number of hydrogen-bond donors (Lipinski definition) is 1. The van der Waals surface area contributed by atoms with Crippen LogP contribution in [0.25, 0.3) is 0 Å². The number of aromatic nitrogens is 2. The van der Waals surface area contributed by atoms with Crippen LogP contribution in [-0.4, -0.2) is 35.0 Å². The molecule has 0 spiro atoms. The Kier molecular flexibility index (Phi) is 5.30. The fourth-order valence-electron chi connectivity index (χ4n) is 1.77. The Bertz CT molecular complexity index is 521. The van der Waals surface area contributed by atoms with E-state index in [9.17, 15) is 9.59 Å². The molecule has 1 heterocycles. The lowest BCUT2D eigenvalue weighted by molar-refractivity contribution is -0.147.